The van der Waals surface area contributed by atoms with Crippen molar-refractivity contribution in [3.63, 3.8) is 0 Å². The fourth-order valence-corrected chi connectivity index (χ4v) is 3.89. The molecule has 3 nitrogen and oxygen atoms in total. The van der Waals surface area contributed by atoms with Gasteiger partial charge >= 0.3 is 95.3 Å². The Bertz CT molecular complexity index is 1480. The molecule has 1 aliphatic heterocycles. The average molecular weight is 950 g/mol. The fourth-order valence-electron chi connectivity index (χ4n) is 3.89. The van der Waals surface area contributed by atoms with Crippen LogP contribution in [0.2, 0.25) is 0 Å². The molecule has 0 N–H and O–H groups in total. The first-order chi connectivity index (χ1) is 24.5. The van der Waals surface area contributed by atoms with Gasteiger partial charge in [-0.1, -0.05) is 0 Å². The molecule has 1 rings (SSSR count). The minimum Gasteiger partial charge on any atom is -0.378 e. The van der Waals surface area contributed by atoms with Crippen molar-refractivity contribution in [2.45, 2.75) is 95.3 Å². The Balaban J connectivity index is 4.00. The van der Waals surface area contributed by atoms with Crippen LogP contribution in [0.1, 0.15) is 0 Å². The summed E-state index contributed by atoms with van der Waals surface area (Å²) in [5.74, 6) is -140. The number of carbonyl (C=O) groups is 2. The van der Waals surface area contributed by atoms with Gasteiger partial charge in [0, 0.05) is 0 Å². The second-order valence-electron chi connectivity index (χ2n) is 11.3. The second-order valence-corrected chi connectivity index (χ2v) is 11.3. The lowest BCUT2D eigenvalue weighted by molar-refractivity contribution is -0.460. The molecule has 1 fully saturated rings. The van der Waals surface area contributed by atoms with E-state index < -0.39 is 125 Å². The summed E-state index contributed by atoms with van der Waals surface area (Å²) in [6, 6.07) is 0. The minimum atomic E-state index is -9.57. The van der Waals surface area contributed by atoms with E-state index in [0.29, 0.717) is 0 Å². The Kier molecular flexibility index (Phi) is 11.8. The van der Waals surface area contributed by atoms with Gasteiger partial charge in [-0.25, -0.2) is 0 Å². The predicted molar refractivity (Wildman–Crippen MR) is 105 cm³/mol. The lowest BCUT2D eigenvalue weighted by Gasteiger charge is -2.47. The van der Waals surface area contributed by atoms with E-state index in [-0.39, 0.29) is 0 Å². The molecule has 1 saturated heterocycles. The van der Waals surface area contributed by atoms with Crippen LogP contribution in [0.25, 0.3) is 0 Å². The third-order valence-electron chi connectivity index (χ3n) is 7.58. The van der Waals surface area contributed by atoms with Gasteiger partial charge in [-0.2, -0.15) is 149 Å². The highest BCUT2D eigenvalue weighted by Crippen LogP contribution is 2.67. The van der Waals surface area contributed by atoms with Gasteiger partial charge in [0.05, 0.1) is 13.2 Å². The first-order valence-electron chi connectivity index (χ1n) is 12.6. The van der Waals surface area contributed by atoms with Crippen molar-refractivity contribution >= 4 is 11.6 Å². The molecule has 37 heteroatoms. The molecule has 0 aliphatic carbocycles. The van der Waals surface area contributed by atoms with Crippen LogP contribution in [-0.2, 0) is 14.3 Å². The summed E-state index contributed by atoms with van der Waals surface area (Å²) in [6.07, 6.45) is -16.6. The van der Waals surface area contributed by atoms with E-state index in [1.165, 1.54) is 0 Å². The molecule has 1 heterocycles. The molecule has 0 unspecified atom stereocenters. The van der Waals surface area contributed by atoms with E-state index in [1.807, 2.05) is 0 Å². The summed E-state index contributed by atoms with van der Waals surface area (Å²) < 4.78 is 462. The Morgan fingerprint density at radius 1 is 0.276 bits per heavy atom. The van der Waals surface area contributed by atoms with E-state index in [2.05, 4.69) is 4.74 Å². The molecule has 0 atom stereocenters. The van der Waals surface area contributed by atoms with E-state index >= 15 is 0 Å². The summed E-state index contributed by atoms with van der Waals surface area (Å²) in [5.41, 5.74) is -6.04. The Hall–Kier alpha value is -3.08. The highest BCUT2D eigenvalue weighted by molar-refractivity contribution is 6.14. The topological polar surface area (TPSA) is 43.4 Å². The molecule has 0 aromatic carbocycles. The van der Waals surface area contributed by atoms with Gasteiger partial charge in [-0.15, -0.1) is 0 Å². The third kappa shape index (κ3) is 5.94. The van der Waals surface area contributed by atoms with Crippen LogP contribution in [0, 0.1) is 5.41 Å². The maximum Gasteiger partial charge on any atom is 0.460 e. The number of halogens is 34. The first kappa shape index (κ1) is 52.9. The van der Waals surface area contributed by atoms with E-state index in [0.717, 1.165) is 0 Å². The number of Topliss-reactive ketones (excluding diaryl/α,β-unsaturated/α-hetero) is 2. The Morgan fingerprint density at radius 2 is 0.431 bits per heavy atom. The summed E-state index contributed by atoms with van der Waals surface area (Å²) in [4.78, 5) is 24.1. The molecule has 0 aromatic heterocycles. The largest absolute Gasteiger partial charge is 0.460 e. The molecule has 0 amide bonds. The number of carbonyl (C=O) groups excluding carboxylic acids is 2. The van der Waals surface area contributed by atoms with Crippen molar-refractivity contribution in [1.82, 2.24) is 0 Å². The van der Waals surface area contributed by atoms with Crippen molar-refractivity contribution in [1.29, 1.82) is 0 Å². The zero-order valence-corrected chi connectivity index (χ0v) is 25.0. The summed E-state index contributed by atoms with van der Waals surface area (Å²) in [7, 11) is 0. The van der Waals surface area contributed by atoms with Gasteiger partial charge in [0.2, 0.25) is 11.6 Å². The van der Waals surface area contributed by atoms with E-state index in [1.54, 1.807) is 0 Å². The lowest BCUT2D eigenvalue weighted by Crippen LogP contribution is -2.78. The number of ether oxygens (including phenoxy) is 1. The quantitative estimate of drug-likeness (QED) is 0.114. The standard InChI is InChI=1S/C21H4F34O3/c22-6(23,8(26,27)10(30,31)12(34,35)14(38,39)16(42,43)18(46,47)20(50,51)52)3(56)5(1-58-2-5)4(57)7(24,25)9(28,29)11(32,33)13(36,37)15(40,41)17(44,45)19(48,49)21(53,54)55/h1-2H2. The van der Waals surface area contributed by atoms with Gasteiger partial charge in [0.15, 0.2) is 0 Å². The number of rotatable bonds is 16. The van der Waals surface area contributed by atoms with Crippen molar-refractivity contribution in [3.05, 3.63) is 0 Å². The maximum atomic E-state index is 14.5. The zero-order valence-electron chi connectivity index (χ0n) is 25.0. The molecule has 0 saturated carbocycles. The Morgan fingerprint density at radius 3 is 0.569 bits per heavy atom. The summed E-state index contributed by atoms with van der Waals surface area (Å²) in [6.45, 7) is -6.66. The van der Waals surface area contributed by atoms with Gasteiger partial charge in [0.1, 0.15) is 5.41 Å². The third-order valence-corrected chi connectivity index (χ3v) is 7.58. The van der Waals surface area contributed by atoms with Crippen molar-refractivity contribution in [2.75, 3.05) is 13.2 Å². The minimum absolute atomic E-state index is 3.33. The molecule has 344 valence electrons. The lowest BCUT2D eigenvalue weighted by atomic mass is 9.69. The smallest absolute Gasteiger partial charge is 0.378 e. The number of alkyl halides is 34. The second kappa shape index (κ2) is 13.0. The molecule has 0 bridgehead atoms. The molecule has 1 aliphatic rings. The molecule has 0 spiro atoms. The number of hydrogen-bond donors (Lipinski definition) is 0. The van der Waals surface area contributed by atoms with Gasteiger partial charge in [-0.3, -0.25) is 9.59 Å². The van der Waals surface area contributed by atoms with Crippen LogP contribution < -0.4 is 0 Å². The average Bonchev–Trinajstić information content (AvgIpc) is 2.97. The molecular weight excluding hydrogens is 946 g/mol. The van der Waals surface area contributed by atoms with Crippen LogP contribution in [0.5, 0.6) is 0 Å². The van der Waals surface area contributed by atoms with Crippen molar-refractivity contribution in [3.8, 4) is 0 Å². The zero-order chi connectivity index (χ0) is 47.8. The molecular formula is C21H4F34O3. The molecule has 0 radical (unpaired) electrons. The summed E-state index contributed by atoms with van der Waals surface area (Å²) in [5, 5.41) is 0. The normalized spacial score (nSPS) is 18.6. The van der Waals surface area contributed by atoms with Gasteiger partial charge < -0.3 is 4.74 Å². The Labute approximate surface area is 290 Å². The van der Waals surface area contributed by atoms with E-state index in [9.17, 15) is 159 Å². The van der Waals surface area contributed by atoms with Gasteiger partial charge in [0.25, 0.3) is 0 Å². The van der Waals surface area contributed by atoms with Crippen molar-refractivity contribution in [2.24, 2.45) is 5.41 Å². The SMILES string of the molecule is O=C(C1(C(=O)C(F)(F)C(F)(F)C(F)(F)C(F)(F)C(F)(F)C(F)(F)C(F)(F)C(F)(F)F)COC1)C(F)(F)C(F)(F)C(F)(F)C(F)(F)C(F)(F)C(F)(F)C(F)(F)C(F)(F)F. The van der Waals surface area contributed by atoms with Gasteiger partial charge in [-0.05, 0) is 0 Å². The molecule has 58 heavy (non-hydrogen) atoms. The van der Waals surface area contributed by atoms with Crippen LogP contribution >= 0.6 is 0 Å². The predicted octanol–water partition coefficient (Wildman–Crippen LogP) is 10.2. The van der Waals surface area contributed by atoms with Crippen molar-refractivity contribution < 1.29 is 164 Å². The maximum absolute atomic E-state index is 14.5. The molecule has 0 aromatic rings. The number of ketones is 2. The van der Waals surface area contributed by atoms with Crippen LogP contribution in [0.4, 0.5) is 149 Å². The van der Waals surface area contributed by atoms with Crippen LogP contribution in [0.3, 0.4) is 0 Å². The van der Waals surface area contributed by atoms with Crippen LogP contribution in [0.15, 0.2) is 0 Å². The highest BCUT2D eigenvalue weighted by atomic mass is 19.4. The monoisotopic (exact) mass is 950 g/mol. The fraction of sp³-hybridized carbons (Fsp3) is 0.905. The summed E-state index contributed by atoms with van der Waals surface area (Å²) >= 11 is 0. The van der Waals surface area contributed by atoms with Crippen LogP contribution in [-0.4, -0.2) is 120 Å². The number of hydrogen-bond acceptors (Lipinski definition) is 3. The highest BCUT2D eigenvalue weighted by Gasteiger charge is 2.98. The first-order valence-corrected chi connectivity index (χ1v) is 12.6. The van der Waals surface area contributed by atoms with E-state index in [4.69, 9.17) is 0 Å².